The summed E-state index contributed by atoms with van der Waals surface area (Å²) in [5.74, 6) is -0.861. The van der Waals surface area contributed by atoms with E-state index < -0.39 is 17.6 Å². The first kappa shape index (κ1) is 23.2. The van der Waals surface area contributed by atoms with Crippen LogP contribution in [0.1, 0.15) is 65.2 Å². The molecular weight excluding hydrogens is 368 g/mol. The molecule has 2 aliphatic rings. The highest BCUT2D eigenvalue weighted by molar-refractivity contribution is 5.95. The molecule has 1 aliphatic carbocycles. The Morgan fingerprint density at radius 3 is 2.66 bits per heavy atom. The van der Waals surface area contributed by atoms with Gasteiger partial charge in [-0.2, -0.15) is 0 Å². The summed E-state index contributed by atoms with van der Waals surface area (Å²) in [5, 5.41) is 2.90. The number of esters is 1. The van der Waals surface area contributed by atoms with Crippen LogP contribution in [0.5, 0.6) is 0 Å². The number of hydrogen-bond donors (Lipinski definition) is 1. The van der Waals surface area contributed by atoms with Gasteiger partial charge in [-0.05, 0) is 45.4 Å². The lowest BCUT2D eigenvalue weighted by Gasteiger charge is -2.28. The standard InChI is InChI=1S/C23H36N2O4/c1-5-8-9-10-11-13-17(4)21(27)25-15-12-14-19(25)20(26)24-23(16-18(23)6-2)22(28)29-7-3/h5-6,17-19H,1-2,7-16H2,3-4H3,(H,24,26)/t17-,18+,19-,23+/m0/s1. The van der Waals surface area contributed by atoms with Crippen LogP contribution in [0, 0.1) is 11.8 Å². The Hall–Kier alpha value is -2.11. The van der Waals surface area contributed by atoms with Crippen LogP contribution >= 0.6 is 0 Å². The number of nitrogens with zero attached hydrogens (tertiary/aromatic N) is 1. The fraction of sp³-hybridized carbons (Fsp3) is 0.696. The molecule has 0 aromatic carbocycles. The highest BCUT2D eigenvalue weighted by Crippen LogP contribution is 2.45. The van der Waals surface area contributed by atoms with E-state index in [9.17, 15) is 14.4 Å². The molecule has 1 saturated carbocycles. The number of rotatable bonds is 12. The van der Waals surface area contributed by atoms with Gasteiger partial charge in [0.25, 0.3) is 0 Å². The third-order valence-electron chi connectivity index (χ3n) is 6.09. The first-order valence-corrected chi connectivity index (χ1v) is 10.9. The first-order valence-electron chi connectivity index (χ1n) is 10.9. The lowest BCUT2D eigenvalue weighted by Crippen LogP contribution is -2.54. The first-order chi connectivity index (χ1) is 13.9. The minimum Gasteiger partial charge on any atom is -0.464 e. The fourth-order valence-electron chi connectivity index (χ4n) is 4.19. The van der Waals surface area contributed by atoms with Crippen molar-refractivity contribution in [3.8, 4) is 0 Å². The molecule has 0 aromatic heterocycles. The van der Waals surface area contributed by atoms with Gasteiger partial charge >= 0.3 is 5.97 Å². The molecule has 2 amide bonds. The van der Waals surface area contributed by atoms with Gasteiger partial charge in [0.05, 0.1) is 6.61 Å². The van der Waals surface area contributed by atoms with E-state index in [1.54, 1.807) is 17.9 Å². The van der Waals surface area contributed by atoms with Gasteiger partial charge in [-0.25, -0.2) is 4.79 Å². The second-order valence-electron chi connectivity index (χ2n) is 8.24. The zero-order valence-corrected chi connectivity index (χ0v) is 18.0. The molecule has 0 radical (unpaired) electrons. The number of carbonyl (C=O) groups excluding carboxylic acids is 3. The highest BCUT2D eigenvalue weighted by Gasteiger charge is 2.61. The summed E-state index contributed by atoms with van der Waals surface area (Å²) in [6, 6.07) is -0.511. The fourth-order valence-corrected chi connectivity index (χ4v) is 4.19. The van der Waals surface area contributed by atoms with Crippen LogP contribution in [-0.2, 0) is 19.1 Å². The van der Waals surface area contributed by atoms with Crippen molar-refractivity contribution in [3.63, 3.8) is 0 Å². The average molecular weight is 405 g/mol. The summed E-state index contributed by atoms with van der Waals surface area (Å²) in [7, 11) is 0. The lowest BCUT2D eigenvalue weighted by atomic mass is 10.0. The second kappa shape index (κ2) is 10.6. The topological polar surface area (TPSA) is 75.7 Å². The molecule has 162 valence electrons. The van der Waals surface area contributed by atoms with E-state index in [0.717, 1.165) is 38.5 Å². The van der Waals surface area contributed by atoms with Crippen molar-refractivity contribution in [3.05, 3.63) is 25.3 Å². The summed E-state index contributed by atoms with van der Waals surface area (Å²) in [6.07, 6.45) is 10.5. The predicted molar refractivity (Wildman–Crippen MR) is 113 cm³/mol. The van der Waals surface area contributed by atoms with E-state index >= 15 is 0 Å². The predicted octanol–water partition coefficient (Wildman–Crippen LogP) is 3.37. The largest absolute Gasteiger partial charge is 0.464 e. The van der Waals surface area contributed by atoms with Crippen molar-refractivity contribution in [2.75, 3.05) is 13.2 Å². The maximum absolute atomic E-state index is 13.0. The molecule has 6 nitrogen and oxygen atoms in total. The molecule has 4 atom stereocenters. The molecule has 1 heterocycles. The van der Waals surface area contributed by atoms with E-state index in [1.807, 2.05) is 13.0 Å². The summed E-state index contributed by atoms with van der Waals surface area (Å²) < 4.78 is 5.16. The normalized spacial score (nSPS) is 26.5. The van der Waals surface area contributed by atoms with Gasteiger partial charge in [-0.1, -0.05) is 31.9 Å². The third-order valence-corrected chi connectivity index (χ3v) is 6.09. The minimum atomic E-state index is -1.01. The maximum atomic E-state index is 13.0. The SMILES string of the molecule is C=CCCCCC[C@H](C)C(=O)N1CCC[C@H]1C(=O)N[C@]1(C(=O)OCC)C[C@H]1C=C. The monoisotopic (exact) mass is 404 g/mol. The molecule has 1 aliphatic heterocycles. The van der Waals surface area contributed by atoms with Crippen molar-refractivity contribution >= 4 is 17.8 Å². The molecule has 0 bridgehead atoms. The number of ether oxygens (including phenoxy) is 1. The van der Waals surface area contributed by atoms with Gasteiger partial charge in [-0.3, -0.25) is 9.59 Å². The number of allylic oxidation sites excluding steroid dienone is 1. The molecule has 29 heavy (non-hydrogen) atoms. The van der Waals surface area contributed by atoms with Crippen LogP contribution in [0.25, 0.3) is 0 Å². The smallest absolute Gasteiger partial charge is 0.332 e. The molecule has 1 saturated heterocycles. The number of likely N-dealkylation sites (tertiary alicyclic amines) is 1. The summed E-state index contributed by atoms with van der Waals surface area (Å²) in [4.78, 5) is 40.0. The quantitative estimate of drug-likeness (QED) is 0.307. The zero-order chi connectivity index (χ0) is 21.4. The molecule has 0 spiro atoms. The molecule has 2 rings (SSSR count). The van der Waals surface area contributed by atoms with E-state index in [-0.39, 0.29) is 30.3 Å². The number of nitrogens with one attached hydrogen (secondary N) is 1. The van der Waals surface area contributed by atoms with E-state index in [2.05, 4.69) is 18.5 Å². The molecule has 1 N–H and O–H groups in total. The zero-order valence-electron chi connectivity index (χ0n) is 18.0. The van der Waals surface area contributed by atoms with Crippen LogP contribution < -0.4 is 5.32 Å². The van der Waals surface area contributed by atoms with Crippen LogP contribution in [0.2, 0.25) is 0 Å². The number of carbonyl (C=O) groups is 3. The van der Waals surface area contributed by atoms with Gasteiger partial charge < -0.3 is 15.0 Å². The lowest BCUT2D eigenvalue weighted by molar-refractivity contribution is -0.150. The average Bonchev–Trinajstić information content (AvgIpc) is 3.20. The van der Waals surface area contributed by atoms with Gasteiger partial charge in [0.2, 0.25) is 11.8 Å². The van der Waals surface area contributed by atoms with Gasteiger partial charge in [0, 0.05) is 18.4 Å². The molecule has 0 aromatic rings. The van der Waals surface area contributed by atoms with E-state index in [0.29, 0.717) is 19.4 Å². The Bertz CT molecular complexity index is 632. The number of unbranched alkanes of at least 4 members (excludes halogenated alkanes) is 3. The van der Waals surface area contributed by atoms with Crippen LogP contribution in [0.15, 0.2) is 25.3 Å². The summed E-state index contributed by atoms with van der Waals surface area (Å²) in [5.41, 5.74) is -1.01. The molecule has 6 heteroatoms. The minimum absolute atomic E-state index is 0.0348. The van der Waals surface area contributed by atoms with Crippen LogP contribution in [-0.4, -0.2) is 47.4 Å². The number of hydrogen-bond acceptors (Lipinski definition) is 4. The highest BCUT2D eigenvalue weighted by atomic mass is 16.5. The summed E-state index contributed by atoms with van der Waals surface area (Å²) >= 11 is 0. The maximum Gasteiger partial charge on any atom is 0.332 e. The summed E-state index contributed by atoms with van der Waals surface area (Å²) in [6.45, 7) is 12.0. The van der Waals surface area contributed by atoms with Crippen molar-refractivity contribution in [1.29, 1.82) is 0 Å². The van der Waals surface area contributed by atoms with Crippen molar-refractivity contribution in [1.82, 2.24) is 10.2 Å². The Balaban J connectivity index is 1.94. The van der Waals surface area contributed by atoms with Crippen molar-refractivity contribution in [2.45, 2.75) is 76.8 Å². The van der Waals surface area contributed by atoms with Crippen LogP contribution in [0.3, 0.4) is 0 Å². The number of amides is 2. The van der Waals surface area contributed by atoms with Crippen molar-refractivity contribution in [2.24, 2.45) is 11.8 Å². The van der Waals surface area contributed by atoms with Gasteiger partial charge in [0.15, 0.2) is 0 Å². The van der Waals surface area contributed by atoms with E-state index in [4.69, 9.17) is 4.74 Å². The van der Waals surface area contributed by atoms with E-state index in [1.165, 1.54) is 0 Å². The Kier molecular flexibility index (Phi) is 8.47. The Labute approximate surface area is 174 Å². The Morgan fingerprint density at radius 1 is 1.28 bits per heavy atom. The molecule has 2 fully saturated rings. The van der Waals surface area contributed by atoms with Gasteiger partial charge in [0.1, 0.15) is 11.6 Å². The second-order valence-corrected chi connectivity index (χ2v) is 8.24. The molecular formula is C23H36N2O4. The third kappa shape index (κ3) is 5.49. The molecule has 0 unspecified atom stereocenters. The van der Waals surface area contributed by atoms with Gasteiger partial charge in [-0.15, -0.1) is 13.2 Å². The Morgan fingerprint density at radius 2 is 2.03 bits per heavy atom. The van der Waals surface area contributed by atoms with Crippen LogP contribution in [0.4, 0.5) is 0 Å². The van der Waals surface area contributed by atoms with Crippen molar-refractivity contribution < 1.29 is 19.1 Å².